The Morgan fingerprint density at radius 1 is 1.12 bits per heavy atom. The molecule has 1 N–H and O–H groups in total. The van der Waals surface area contributed by atoms with Crippen LogP contribution in [-0.4, -0.2) is 40.8 Å². The Labute approximate surface area is 154 Å². The van der Waals surface area contributed by atoms with E-state index >= 15 is 0 Å². The molecular formula is C21H25N3O2. The molecule has 1 fully saturated rings. The normalized spacial score (nSPS) is 14.9. The van der Waals surface area contributed by atoms with Gasteiger partial charge in [0.2, 0.25) is 5.91 Å². The first-order valence-corrected chi connectivity index (χ1v) is 9.09. The Hall–Kier alpha value is -2.69. The average molecular weight is 351 g/mol. The van der Waals surface area contributed by atoms with Crippen molar-refractivity contribution in [3.05, 3.63) is 65.0 Å². The molecule has 0 saturated carbocycles. The van der Waals surface area contributed by atoms with Gasteiger partial charge in [-0.3, -0.25) is 14.6 Å². The van der Waals surface area contributed by atoms with Gasteiger partial charge < -0.3 is 10.2 Å². The van der Waals surface area contributed by atoms with Crippen molar-refractivity contribution in [3.8, 4) is 0 Å². The first-order chi connectivity index (χ1) is 12.5. The predicted octanol–water partition coefficient (Wildman–Crippen LogP) is 2.66. The van der Waals surface area contributed by atoms with Crippen LogP contribution >= 0.6 is 0 Å². The molecule has 0 bridgehead atoms. The second kappa shape index (κ2) is 8.13. The summed E-state index contributed by atoms with van der Waals surface area (Å²) in [5.74, 6) is 0.0953. The lowest BCUT2D eigenvalue weighted by Crippen LogP contribution is -2.47. The molecule has 1 aliphatic heterocycles. The van der Waals surface area contributed by atoms with E-state index in [9.17, 15) is 9.59 Å². The fraction of sp³-hybridized carbons (Fsp3) is 0.381. The van der Waals surface area contributed by atoms with Crippen LogP contribution in [0.1, 0.15) is 40.0 Å². The van der Waals surface area contributed by atoms with Gasteiger partial charge in [0.15, 0.2) is 0 Å². The van der Waals surface area contributed by atoms with Crippen LogP contribution in [0.3, 0.4) is 0 Å². The highest BCUT2D eigenvalue weighted by molar-refractivity contribution is 5.95. The van der Waals surface area contributed by atoms with Crippen LogP contribution in [-0.2, 0) is 11.2 Å². The Bertz CT molecular complexity index is 778. The third-order valence-corrected chi connectivity index (χ3v) is 4.90. The number of rotatable bonds is 4. The molecule has 5 nitrogen and oxygen atoms in total. The van der Waals surface area contributed by atoms with Gasteiger partial charge in [-0.2, -0.15) is 0 Å². The van der Waals surface area contributed by atoms with E-state index in [1.165, 1.54) is 0 Å². The third-order valence-electron chi connectivity index (χ3n) is 4.90. The number of likely N-dealkylation sites (tertiary alicyclic amines) is 1. The number of hydrogen-bond acceptors (Lipinski definition) is 3. The molecule has 1 saturated heterocycles. The van der Waals surface area contributed by atoms with E-state index in [4.69, 9.17) is 0 Å². The molecule has 1 aromatic heterocycles. The van der Waals surface area contributed by atoms with Crippen LogP contribution in [0.5, 0.6) is 0 Å². The molecule has 0 aliphatic carbocycles. The molecule has 2 amide bonds. The number of carbonyl (C=O) groups excluding carboxylic acids is 2. The molecule has 3 rings (SSSR count). The summed E-state index contributed by atoms with van der Waals surface area (Å²) < 4.78 is 0. The number of carbonyl (C=O) groups is 2. The second-order valence-corrected chi connectivity index (χ2v) is 6.93. The largest absolute Gasteiger partial charge is 0.349 e. The quantitative estimate of drug-likeness (QED) is 0.921. The molecule has 136 valence electrons. The molecule has 2 heterocycles. The highest BCUT2D eigenvalue weighted by Gasteiger charge is 2.24. The number of benzene rings is 1. The zero-order valence-electron chi connectivity index (χ0n) is 15.4. The molecule has 0 atom stereocenters. The second-order valence-electron chi connectivity index (χ2n) is 6.93. The summed E-state index contributed by atoms with van der Waals surface area (Å²) in [6, 6.07) is 11.6. The van der Waals surface area contributed by atoms with E-state index in [2.05, 4.69) is 10.3 Å². The van der Waals surface area contributed by atoms with E-state index in [1.807, 2.05) is 55.1 Å². The Kier molecular flexibility index (Phi) is 5.66. The number of nitrogens with one attached hydrogen (secondary N) is 1. The van der Waals surface area contributed by atoms with Crippen molar-refractivity contribution in [2.45, 2.75) is 39.2 Å². The lowest BCUT2D eigenvalue weighted by Gasteiger charge is -2.32. The smallest absolute Gasteiger partial charge is 0.251 e. The van der Waals surface area contributed by atoms with E-state index in [0.29, 0.717) is 19.5 Å². The van der Waals surface area contributed by atoms with Crippen LogP contribution in [0, 0.1) is 13.8 Å². The maximum absolute atomic E-state index is 12.5. The fourth-order valence-corrected chi connectivity index (χ4v) is 3.25. The number of piperidine rings is 1. The summed E-state index contributed by atoms with van der Waals surface area (Å²) in [6.45, 7) is 5.23. The molecule has 0 spiro atoms. The third kappa shape index (κ3) is 4.48. The van der Waals surface area contributed by atoms with Gasteiger partial charge in [-0.1, -0.05) is 24.3 Å². The number of pyridine rings is 1. The Morgan fingerprint density at radius 2 is 1.85 bits per heavy atom. The van der Waals surface area contributed by atoms with Crippen molar-refractivity contribution in [1.29, 1.82) is 0 Å². The number of amides is 2. The van der Waals surface area contributed by atoms with Crippen LogP contribution < -0.4 is 5.32 Å². The van der Waals surface area contributed by atoms with Crippen LogP contribution in [0.4, 0.5) is 0 Å². The fourth-order valence-electron chi connectivity index (χ4n) is 3.25. The monoisotopic (exact) mass is 351 g/mol. The van der Waals surface area contributed by atoms with E-state index in [1.54, 1.807) is 6.20 Å². The number of aromatic nitrogens is 1. The van der Waals surface area contributed by atoms with Gasteiger partial charge in [0.1, 0.15) is 0 Å². The lowest BCUT2D eigenvalue weighted by molar-refractivity contribution is -0.131. The van der Waals surface area contributed by atoms with Crippen molar-refractivity contribution >= 4 is 11.8 Å². The van der Waals surface area contributed by atoms with E-state index < -0.39 is 0 Å². The lowest BCUT2D eigenvalue weighted by atomic mass is 10.0. The summed E-state index contributed by atoms with van der Waals surface area (Å²) in [7, 11) is 0. The predicted molar refractivity (Wildman–Crippen MR) is 101 cm³/mol. The van der Waals surface area contributed by atoms with Crippen LogP contribution in [0.25, 0.3) is 0 Å². The standard InChI is InChI=1S/C21H25N3O2/c1-15-5-3-4-6-19(15)21(26)23-18-9-11-24(12-10-18)20(25)13-17-8-7-16(2)22-14-17/h3-8,14,18H,9-13H2,1-2H3,(H,23,26). The van der Waals surface area contributed by atoms with Gasteiger partial charge in [-0.15, -0.1) is 0 Å². The molecule has 5 heteroatoms. The summed E-state index contributed by atoms with van der Waals surface area (Å²) in [6.07, 6.45) is 3.72. The maximum Gasteiger partial charge on any atom is 0.251 e. The molecule has 1 aliphatic rings. The first kappa shape index (κ1) is 18.1. The maximum atomic E-state index is 12.5. The average Bonchev–Trinajstić information content (AvgIpc) is 2.64. The molecule has 0 unspecified atom stereocenters. The number of hydrogen-bond donors (Lipinski definition) is 1. The molecule has 1 aromatic carbocycles. The molecule has 26 heavy (non-hydrogen) atoms. The highest BCUT2D eigenvalue weighted by Crippen LogP contribution is 2.14. The van der Waals surface area contributed by atoms with Gasteiger partial charge in [0.25, 0.3) is 5.91 Å². The van der Waals surface area contributed by atoms with Crippen molar-refractivity contribution in [2.24, 2.45) is 0 Å². The molecule has 0 radical (unpaired) electrons. The summed E-state index contributed by atoms with van der Waals surface area (Å²) in [5, 5.41) is 3.10. The van der Waals surface area contributed by atoms with Gasteiger partial charge >= 0.3 is 0 Å². The summed E-state index contributed by atoms with van der Waals surface area (Å²) in [5.41, 5.74) is 3.59. The van der Waals surface area contributed by atoms with Gasteiger partial charge in [-0.25, -0.2) is 0 Å². The molecular weight excluding hydrogens is 326 g/mol. The van der Waals surface area contributed by atoms with Crippen LogP contribution in [0.2, 0.25) is 0 Å². The van der Waals surface area contributed by atoms with E-state index in [0.717, 1.165) is 35.2 Å². The van der Waals surface area contributed by atoms with Gasteiger partial charge in [0, 0.05) is 36.6 Å². The highest BCUT2D eigenvalue weighted by atomic mass is 16.2. The number of aryl methyl sites for hydroxylation is 2. The molecule has 2 aromatic rings. The SMILES string of the molecule is Cc1ccc(CC(=O)N2CCC(NC(=O)c3ccccc3C)CC2)cn1. The van der Waals surface area contributed by atoms with Gasteiger partial charge in [0.05, 0.1) is 6.42 Å². The van der Waals surface area contributed by atoms with Crippen molar-refractivity contribution < 1.29 is 9.59 Å². The van der Waals surface area contributed by atoms with Crippen LogP contribution in [0.15, 0.2) is 42.6 Å². The Morgan fingerprint density at radius 3 is 2.50 bits per heavy atom. The summed E-state index contributed by atoms with van der Waals surface area (Å²) in [4.78, 5) is 31.0. The minimum atomic E-state index is -0.0291. The summed E-state index contributed by atoms with van der Waals surface area (Å²) >= 11 is 0. The minimum absolute atomic E-state index is 0.0291. The van der Waals surface area contributed by atoms with Crippen molar-refractivity contribution in [1.82, 2.24) is 15.2 Å². The topological polar surface area (TPSA) is 62.3 Å². The van der Waals surface area contributed by atoms with Crippen molar-refractivity contribution in [3.63, 3.8) is 0 Å². The van der Waals surface area contributed by atoms with Crippen molar-refractivity contribution in [2.75, 3.05) is 13.1 Å². The van der Waals surface area contributed by atoms with E-state index in [-0.39, 0.29) is 17.9 Å². The zero-order valence-corrected chi connectivity index (χ0v) is 15.4. The number of nitrogens with zero attached hydrogens (tertiary/aromatic N) is 2. The van der Waals surface area contributed by atoms with Gasteiger partial charge in [-0.05, 0) is 49.9 Å². The first-order valence-electron chi connectivity index (χ1n) is 9.09. The minimum Gasteiger partial charge on any atom is -0.349 e. The zero-order chi connectivity index (χ0) is 18.5. The Balaban J connectivity index is 1.49.